The average molecular weight is 177 g/mol. The molecule has 1 heteroatoms. The van der Waals surface area contributed by atoms with Crippen molar-refractivity contribution in [2.45, 2.75) is 33.2 Å². The zero-order chi connectivity index (χ0) is 8.39. The fourth-order valence-corrected chi connectivity index (χ4v) is 1.93. The summed E-state index contributed by atoms with van der Waals surface area (Å²) in [5.74, 6) is 0. The minimum Gasteiger partial charge on any atom is -0.310 e. The number of benzene rings is 1. The molecule has 0 aromatic heterocycles. The molecule has 0 bridgehead atoms. The van der Waals surface area contributed by atoms with Gasteiger partial charge in [0.1, 0.15) is 0 Å². The monoisotopic (exact) mass is 177 g/mol. The molecule has 72 valence electrons. The number of nitrogens with one attached hydrogen (secondary N) is 1. The number of rotatable bonds is 1. The number of hydrogen-bond donors (Lipinski definition) is 1. The van der Waals surface area contributed by atoms with Gasteiger partial charge in [0.05, 0.1) is 0 Å². The van der Waals surface area contributed by atoms with E-state index >= 15 is 0 Å². The van der Waals surface area contributed by atoms with Crippen molar-refractivity contribution in [1.29, 1.82) is 0 Å². The van der Waals surface area contributed by atoms with Gasteiger partial charge in [-0.05, 0) is 37.4 Å². The molecule has 1 aromatic carbocycles. The zero-order valence-corrected chi connectivity index (χ0v) is 7.51. The molecule has 1 saturated heterocycles. The van der Waals surface area contributed by atoms with Crippen molar-refractivity contribution >= 4 is 0 Å². The molecule has 0 aliphatic carbocycles. The zero-order valence-electron chi connectivity index (χ0n) is 7.51. The molecule has 1 fully saturated rings. The Morgan fingerprint density at radius 3 is 2.69 bits per heavy atom. The Bertz CT molecular complexity index is 262. The molecule has 1 aliphatic heterocycles. The van der Waals surface area contributed by atoms with Gasteiger partial charge in [0.2, 0.25) is 0 Å². The lowest BCUT2D eigenvalue weighted by Gasteiger charge is -2.12. The molecule has 1 aliphatic rings. The topological polar surface area (TPSA) is 12.0 Å². The predicted octanol–water partition coefficient (Wildman–Crippen LogP) is 3.06. The summed E-state index contributed by atoms with van der Waals surface area (Å²) in [6.07, 6.45) is 2.61. The van der Waals surface area contributed by atoms with E-state index in [1.54, 1.807) is 0 Å². The summed E-state index contributed by atoms with van der Waals surface area (Å²) in [6.45, 7) is 3.37. The van der Waals surface area contributed by atoms with Crippen molar-refractivity contribution in [3.63, 3.8) is 0 Å². The second kappa shape index (κ2) is 4.43. The van der Waals surface area contributed by atoms with Crippen LogP contribution in [-0.2, 0) is 0 Å². The number of hydrogen-bond acceptors (Lipinski definition) is 1. The second-order valence-corrected chi connectivity index (χ2v) is 3.51. The Labute approximate surface area is 81.2 Å². The molecule has 1 nitrogen and oxygen atoms in total. The van der Waals surface area contributed by atoms with Crippen molar-refractivity contribution in [3.8, 4) is 0 Å². The first kappa shape index (κ1) is 10.3. The average Bonchev–Trinajstić information content (AvgIpc) is 2.57. The normalized spacial score (nSPS) is 21.2. The van der Waals surface area contributed by atoms with E-state index in [1.165, 1.54) is 30.5 Å². The van der Waals surface area contributed by atoms with E-state index in [0.29, 0.717) is 6.04 Å². The highest BCUT2D eigenvalue weighted by Gasteiger charge is 2.16. The van der Waals surface area contributed by atoms with Crippen LogP contribution >= 0.6 is 0 Å². The van der Waals surface area contributed by atoms with Gasteiger partial charge in [0.25, 0.3) is 0 Å². The first-order valence-corrected chi connectivity index (χ1v) is 4.67. The second-order valence-electron chi connectivity index (χ2n) is 3.51. The standard InChI is InChI=1S/C11H15N.CH4/c1-9-5-2-3-6-10(9)11-7-4-8-12-11;/h2-3,5-6,11-12H,4,7-8H2,1H3;1H4. The lowest BCUT2D eigenvalue weighted by Crippen LogP contribution is -2.13. The maximum atomic E-state index is 3.51. The summed E-state index contributed by atoms with van der Waals surface area (Å²) < 4.78 is 0. The van der Waals surface area contributed by atoms with Crippen LogP contribution in [0.15, 0.2) is 24.3 Å². The third kappa shape index (κ3) is 2.10. The van der Waals surface area contributed by atoms with Crippen molar-refractivity contribution in [2.75, 3.05) is 6.54 Å². The van der Waals surface area contributed by atoms with Crippen LogP contribution in [0.5, 0.6) is 0 Å². The molecule has 0 spiro atoms. The van der Waals surface area contributed by atoms with Crippen molar-refractivity contribution in [2.24, 2.45) is 0 Å². The Kier molecular flexibility index (Phi) is 3.49. The Balaban J connectivity index is 0.000000845. The highest BCUT2D eigenvalue weighted by Crippen LogP contribution is 2.24. The third-order valence-electron chi connectivity index (χ3n) is 2.62. The molecule has 2 rings (SSSR count). The summed E-state index contributed by atoms with van der Waals surface area (Å²) in [4.78, 5) is 0. The Morgan fingerprint density at radius 1 is 1.31 bits per heavy atom. The van der Waals surface area contributed by atoms with Crippen LogP contribution in [0.2, 0.25) is 0 Å². The largest absolute Gasteiger partial charge is 0.310 e. The van der Waals surface area contributed by atoms with Crippen LogP contribution in [0.25, 0.3) is 0 Å². The SMILES string of the molecule is C.Cc1ccccc1C1CCCN1. The first-order valence-electron chi connectivity index (χ1n) is 4.67. The van der Waals surface area contributed by atoms with Gasteiger partial charge in [-0.1, -0.05) is 31.7 Å². The van der Waals surface area contributed by atoms with Crippen molar-refractivity contribution < 1.29 is 0 Å². The van der Waals surface area contributed by atoms with Gasteiger partial charge in [-0.3, -0.25) is 0 Å². The molecular weight excluding hydrogens is 158 g/mol. The van der Waals surface area contributed by atoms with Gasteiger partial charge in [-0.15, -0.1) is 0 Å². The highest BCUT2D eigenvalue weighted by molar-refractivity contribution is 5.29. The van der Waals surface area contributed by atoms with E-state index in [1.807, 2.05) is 0 Å². The maximum absolute atomic E-state index is 3.51. The molecule has 1 aromatic rings. The molecule has 1 N–H and O–H groups in total. The van der Waals surface area contributed by atoms with Crippen LogP contribution in [-0.4, -0.2) is 6.54 Å². The number of aryl methyl sites for hydroxylation is 1. The summed E-state index contributed by atoms with van der Waals surface area (Å²) >= 11 is 0. The summed E-state index contributed by atoms with van der Waals surface area (Å²) in [7, 11) is 0. The lowest BCUT2D eigenvalue weighted by molar-refractivity contribution is 0.644. The smallest absolute Gasteiger partial charge is 0.0323 e. The van der Waals surface area contributed by atoms with E-state index in [-0.39, 0.29) is 7.43 Å². The minimum absolute atomic E-state index is 0. The maximum Gasteiger partial charge on any atom is 0.0323 e. The summed E-state index contributed by atoms with van der Waals surface area (Å²) in [5, 5.41) is 3.51. The molecule has 13 heavy (non-hydrogen) atoms. The first-order chi connectivity index (χ1) is 5.88. The van der Waals surface area contributed by atoms with E-state index < -0.39 is 0 Å². The van der Waals surface area contributed by atoms with Gasteiger partial charge in [-0.2, -0.15) is 0 Å². The van der Waals surface area contributed by atoms with E-state index in [4.69, 9.17) is 0 Å². The molecule has 0 amide bonds. The Hall–Kier alpha value is -0.820. The molecular formula is C12H19N. The van der Waals surface area contributed by atoms with Gasteiger partial charge in [0.15, 0.2) is 0 Å². The fourth-order valence-electron chi connectivity index (χ4n) is 1.93. The minimum atomic E-state index is 0. The Morgan fingerprint density at radius 2 is 2.08 bits per heavy atom. The lowest BCUT2D eigenvalue weighted by atomic mass is 10.0. The van der Waals surface area contributed by atoms with Gasteiger partial charge in [0, 0.05) is 6.04 Å². The molecule has 1 atom stereocenters. The quantitative estimate of drug-likeness (QED) is 0.695. The van der Waals surface area contributed by atoms with Crippen LogP contribution in [0.4, 0.5) is 0 Å². The van der Waals surface area contributed by atoms with Gasteiger partial charge in [-0.25, -0.2) is 0 Å². The molecule has 0 radical (unpaired) electrons. The highest BCUT2D eigenvalue weighted by atomic mass is 14.9. The van der Waals surface area contributed by atoms with Crippen LogP contribution < -0.4 is 5.32 Å². The van der Waals surface area contributed by atoms with Crippen LogP contribution in [0.3, 0.4) is 0 Å². The molecule has 1 heterocycles. The molecule has 1 unspecified atom stereocenters. The summed E-state index contributed by atoms with van der Waals surface area (Å²) in [6, 6.07) is 9.27. The van der Waals surface area contributed by atoms with E-state index in [2.05, 4.69) is 36.5 Å². The van der Waals surface area contributed by atoms with E-state index in [0.717, 1.165) is 0 Å². The van der Waals surface area contributed by atoms with Crippen molar-refractivity contribution in [3.05, 3.63) is 35.4 Å². The van der Waals surface area contributed by atoms with E-state index in [9.17, 15) is 0 Å². The van der Waals surface area contributed by atoms with Crippen LogP contribution in [0.1, 0.15) is 37.4 Å². The third-order valence-corrected chi connectivity index (χ3v) is 2.62. The fraction of sp³-hybridized carbons (Fsp3) is 0.500. The summed E-state index contributed by atoms with van der Waals surface area (Å²) in [5.41, 5.74) is 2.90. The van der Waals surface area contributed by atoms with Gasteiger partial charge >= 0.3 is 0 Å². The van der Waals surface area contributed by atoms with Crippen molar-refractivity contribution in [1.82, 2.24) is 5.32 Å². The predicted molar refractivity (Wildman–Crippen MR) is 57.9 cm³/mol. The van der Waals surface area contributed by atoms with Gasteiger partial charge < -0.3 is 5.32 Å². The van der Waals surface area contributed by atoms with Crippen LogP contribution in [0, 0.1) is 6.92 Å². The molecule has 0 saturated carbocycles.